The number of anilines is 1. The number of nitrogens with zero attached hydrogens (tertiary/aromatic N) is 1. The zero-order valence-corrected chi connectivity index (χ0v) is 15.2. The molecule has 5 nitrogen and oxygen atoms in total. The molecule has 130 valence electrons. The fourth-order valence-electron chi connectivity index (χ4n) is 4.09. The highest BCUT2D eigenvalue weighted by molar-refractivity contribution is 7.80. The number of hydrogen-bond donors (Lipinski definition) is 2. The molecule has 2 aliphatic rings. The van der Waals surface area contributed by atoms with Gasteiger partial charge in [0.1, 0.15) is 0 Å². The normalized spacial score (nSPS) is 24.6. The van der Waals surface area contributed by atoms with Crippen molar-refractivity contribution in [2.24, 2.45) is 0 Å². The van der Waals surface area contributed by atoms with Gasteiger partial charge in [0, 0.05) is 12.1 Å². The van der Waals surface area contributed by atoms with Crippen molar-refractivity contribution >= 4 is 28.9 Å². The third kappa shape index (κ3) is 2.85. The van der Waals surface area contributed by atoms with Gasteiger partial charge in [-0.25, -0.2) is 0 Å². The number of carbonyl (C=O) groups is 1. The number of rotatable bonds is 1. The number of benzene rings is 1. The fraction of sp³-hybridized carbons (Fsp3) is 0.368. The number of hydrogen-bond acceptors (Lipinski definition) is 3. The first kappa shape index (κ1) is 16.3. The maximum atomic E-state index is 12.3. The minimum absolute atomic E-state index is 0.273. The van der Waals surface area contributed by atoms with Gasteiger partial charge >= 0.3 is 0 Å². The molecule has 1 saturated heterocycles. The van der Waals surface area contributed by atoms with Crippen molar-refractivity contribution < 1.29 is 14.1 Å². The second kappa shape index (κ2) is 6.28. The number of nitrogens with one attached hydrogen (secondary N) is 2. The number of piperidine rings is 1. The number of thiocarbonyl (C=S) groups is 1. The summed E-state index contributed by atoms with van der Waals surface area (Å²) in [5.74, 6) is 0.419. The van der Waals surface area contributed by atoms with Gasteiger partial charge in [-0.15, -0.1) is 0 Å². The number of furan rings is 1. The molecule has 1 aromatic heterocycles. The lowest BCUT2D eigenvalue weighted by atomic mass is 9.89. The molecular formula is C19H22N3O2S+. The number of likely N-dealkylation sites (tertiary alicyclic amines) is 1. The van der Waals surface area contributed by atoms with Crippen LogP contribution in [0.5, 0.6) is 0 Å². The van der Waals surface area contributed by atoms with Gasteiger partial charge in [0.15, 0.2) is 10.9 Å². The highest BCUT2D eigenvalue weighted by Crippen LogP contribution is 2.43. The highest BCUT2D eigenvalue weighted by Gasteiger charge is 2.44. The van der Waals surface area contributed by atoms with Crippen molar-refractivity contribution in [1.82, 2.24) is 5.32 Å². The van der Waals surface area contributed by atoms with Crippen molar-refractivity contribution in [3.05, 3.63) is 53.5 Å². The summed E-state index contributed by atoms with van der Waals surface area (Å²) in [6.07, 6.45) is 2.54. The van der Waals surface area contributed by atoms with Gasteiger partial charge < -0.3 is 14.2 Å². The van der Waals surface area contributed by atoms with E-state index in [1.54, 1.807) is 17.0 Å². The van der Waals surface area contributed by atoms with E-state index in [2.05, 4.69) is 42.4 Å². The molecule has 1 unspecified atom stereocenters. The van der Waals surface area contributed by atoms with Crippen molar-refractivity contribution in [1.29, 1.82) is 0 Å². The largest absolute Gasteiger partial charge is 0.459 e. The molecule has 1 fully saturated rings. The first-order valence-electron chi connectivity index (χ1n) is 8.64. The summed E-state index contributed by atoms with van der Waals surface area (Å²) in [5, 5.41) is 3.30. The molecule has 0 radical (unpaired) electrons. The van der Waals surface area contributed by atoms with Gasteiger partial charge in [0.2, 0.25) is 0 Å². The first-order chi connectivity index (χ1) is 12.0. The Labute approximate surface area is 152 Å². The summed E-state index contributed by atoms with van der Waals surface area (Å²) in [7, 11) is 2.24. The number of fused-ring (bicyclic) bond motifs is 3. The van der Waals surface area contributed by atoms with Gasteiger partial charge in [-0.2, -0.15) is 0 Å². The summed E-state index contributed by atoms with van der Waals surface area (Å²) < 4.78 is 5.17. The third-order valence-corrected chi connectivity index (χ3v) is 5.56. The predicted molar refractivity (Wildman–Crippen MR) is 100 cm³/mol. The van der Waals surface area contributed by atoms with E-state index in [9.17, 15) is 4.79 Å². The Morgan fingerprint density at radius 1 is 1.40 bits per heavy atom. The Balaban J connectivity index is 1.64. The second-order valence-corrected chi connectivity index (χ2v) is 7.43. The van der Waals surface area contributed by atoms with Crippen molar-refractivity contribution in [2.45, 2.75) is 25.3 Å². The third-order valence-electron chi connectivity index (χ3n) is 5.26. The molecule has 1 aromatic carbocycles. The smallest absolute Gasteiger partial charge is 0.293 e. The Morgan fingerprint density at radius 3 is 3.00 bits per heavy atom. The molecule has 0 spiro atoms. The minimum atomic E-state index is -0.300. The predicted octanol–water partition coefficient (Wildman–Crippen LogP) is 1.49. The van der Waals surface area contributed by atoms with E-state index in [0.717, 1.165) is 25.2 Å². The standard InChI is InChI=1S/C19H21N3O2S/c1-12-5-6-15-13(10-12)14-11-21(2)8-7-16(14)22(15)19(25)20-18(23)17-4-3-9-24-17/h3-6,9-10,14,16H,7-8,11H2,1-2H3,(H,20,23,25)/p+1/t14-,16-/m0/s1. The Kier molecular flexibility index (Phi) is 4.09. The monoisotopic (exact) mass is 356 g/mol. The van der Waals surface area contributed by atoms with Crippen LogP contribution in [-0.4, -0.2) is 37.2 Å². The van der Waals surface area contributed by atoms with Crippen LogP contribution >= 0.6 is 12.2 Å². The summed E-state index contributed by atoms with van der Waals surface area (Å²) >= 11 is 5.62. The number of likely N-dealkylation sites (N-methyl/N-ethyl adjacent to an activating group) is 1. The Bertz CT molecular complexity index is 818. The lowest BCUT2D eigenvalue weighted by molar-refractivity contribution is -0.886. The molecule has 25 heavy (non-hydrogen) atoms. The quantitative estimate of drug-likeness (QED) is 0.761. The molecule has 0 aliphatic carbocycles. The van der Waals surface area contributed by atoms with Crippen LogP contribution in [0.15, 0.2) is 41.0 Å². The van der Waals surface area contributed by atoms with Gasteiger partial charge in [-0.05, 0) is 42.9 Å². The van der Waals surface area contributed by atoms with Crippen LogP contribution in [0.4, 0.5) is 5.69 Å². The molecule has 0 saturated carbocycles. The molecule has 1 amide bonds. The maximum Gasteiger partial charge on any atom is 0.293 e. The molecule has 3 atom stereocenters. The van der Waals surface area contributed by atoms with E-state index in [4.69, 9.17) is 16.6 Å². The van der Waals surface area contributed by atoms with Gasteiger partial charge in [-0.1, -0.05) is 17.7 Å². The molecule has 2 N–H and O–H groups in total. The SMILES string of the molecule is Cc1ccc2c(c1)[C@@H]1C[NH+](C)CC[C@@H]1N2C(=S)NC(=O)c1ccco1. The summed E-state index contributed by atoms with van der Waals surface area (Å²) in [6.45, 7) is 4.32. The van der Waals surface area contributed by atoms with Crippen LogP contribution < -0.4 is 15.1 Å². The molecule has 6 heteroatoms. The van der Waals surface area contributed by atoms with Gasteiger partial charge in [0.25, 0.3) is 5.91 Å². The van der Waals surface area contributed by atoms with E-state index in [-0.39, 0.29) is 11.7 Å². The number of quaternary nitrogens is 1. The molecule has 3 heterocycles. The molecule has 2 aromatic rings. The average molecular weight is 356 g/mol. The topological polar surface area (TPSA) is 49.9 Å². The van der Waals surface area contributed by atoms with Crippen LogP contribution in [0.25, 0.3) is 0 Å². The Hall–Kier alpha value is -2.18. The van der Waals surface area contributed by atoms with Crippen LogP contribution in [0.3, 0.4) is 0 Å². The summed E-state index contributed by atoms with van der Waals surface area (Å²) in [4.78, 5) is 16.0. The van der Waals surface area contributed by atoms with E-state index >= 15 is 0 Å². The van der Waals surface area contributed by atoms with Crippen molar-refractivity contribution in [2.75, 3.05) is 25.0 Å². The van der Waals surface area contributed by atoms with Crippen LogP contribution in [-0.2, 0) is 0 Å². The lowest BCUT2D eigenvalue weighted by Crippen LogP contribution is -3.11. The number of aryl methyl sites for hydroxylation is 1. The van der Waals surface area contributed by atoms with E-state index < -0.39 is 0 Å². The number of amides is 1. The average Bonchev–Trinajstić information content (AvgIpc) is 3.21. The first-order valence-corrected chi connectivity index (χ1v) is 9.05. The van der Waals surface area contributed by atoms with E-state index in [1.165, 1.54) is 17.4 Å². The zero-order valence-electron chi connectivity index (χ0n) is 14.4. The van der Waals surface area contributed by atoms with Crippen LogP contribution in [0, 0.1) is 6.92 Å². The van der Waals surface area contributed by atoms with Gasteiger partial charge in [-0.3, -0.25) is 10.1 Å². The van der Waals surface area contributed by atoms with Crippen LogP contribution in [0.2, 0.25) is 0 Å². The van der Waals surface area contributed by atoms with Gasteiger partial charge in [0.05, 0.1) is 38.4 Å². The summed E-state index contributed by atoms with van der Waals surface area (Å²) in [5.41, 5.74) is 3.73. The molecular weight excluding hydrogens is 334 g/mol. The van der Waals surface area contributed by atoms with E-state index in [0.29, 0.717) is 17.1 Å². The van der Waals surface area contributed by atoms with Crippen LogP contribution in [0.1, 0.15) is 34.0 Å². The number of carbonyl (C=O) groups excluding carboxylic acids is 1. The molecule has 4 rings (SSSR count). The lowest BCUT2D eigenvalue weighted by Gasteiger charge is -2.35. The highest BCUT2D eigenvalue weighted by atomic mass is 32.1. The zero-order chi connectivity index (χ0) is 17.6. The Morgan fingerprint density at radius 2 is 2.24 bits per heavy atom. The van der Waals surface area contributed by atoms with Crippen molar-refractivity contribution in [3.63, 3.8) is 0 Å². The van der Waals surface area contributed by atoms with E-state index in [1.807, 2.05) is 0 Å². The second-order valence-electron chi connectivity index (χ2n) is 7.04. The fourth-order valence-corrected chi connectivity index (χ4v) is 4.42. The summed E-state index contributed by atoms with van der Waals surface area (Å²) in [6, 6.07) is 10.1. The molecule has 0 bridgehead atoms. The van der Waals surface area contributed by atoms with Crippen molar-refractivity contribution in [3.8, 4) is 0 Å². The minimum Gasteiger partial charge on any atom is -0.459 e. The maximum absolute atomic E-state index is 12.3. The molecule has 2 aliphatic heterocycles.